The van der Waals surface area contributed by atoms with Crippen LogP contribution in [-0.2, 0) is 0 Å². The van der Waals surface area contributed by atoms with Gasteiger partial charge in [-0.05, 0) is 42.7 Å². The molecule has 3 N–H and O–H groups in total. The number of nitrogens with two attached hydrogens (primary N) is 1. The van der Waals surface area contributed by atoms with Gasteiger partial charge in [0.2, 0.25) is 0 Å². The zero-order chi connectivity index (χ0) is 14.5. The molecule has 0 aliphatic rings. The van der Waals surface area contributed by atoms with E-state index in [0.29, 0.717) is 18.2 Å². The molecule has 0 unspecified atom stereocenters. The van der Waals surface area contributed by atoms with Gasteiger partial charge in [0, 0.05) is 17.4 Å². The molecule has 2 aromatic carbocycles. The standard InChI is InChI=1S/C17H22N2O/c1-4-20-17-11-15(9-10-16(17)18)19-14-7-5-13(6-8-14)12(2)3/h5-12,19H,4,18H2,1-3H3. The molecule has 0 saturated heterocycles. The SMILES string of the molecule is CCOc1cc(Nc2ccc(C(C)C)cc2)ccc1N. The molecule has 0 atom stereocenters. The second-order valence-electron chi connectivity index (χ2n) is 5.09. The topological polar surface area (TPSA) is 47.3 Å². The number of anilines is 3. The molecule has 0 spiro atoms. The molecule has 0 heterocycles. The van der Waals surface area contributed by atoms with Crippen LogP contribution >= 0.6 is 0 Å². The van der Waals surface area contributed by atoms with Crippen molar-refractivity contribution in [2.24, 2.45) is 0 Å². The maximum Gasteiger partial charge on any atom is 0.144 e. The third kappa shape index (κ3) is 3.44. The molecule has 3 nitrogen and oxygen atoms in total. The van der Waals surface area contributed by atoms with Crippen LogP contribution in [0.5, 0.6) is 5.75 Å². The van der Waals surface area contributed by atoms with E-state index in [-0.39, 0.29) is 0 Å². The van der Waals surface area contributed by atoms with Gasteiger partial charge in [0.15, 0.2) is 0 Å². The van der Waals surface area contributed by atoms with Crippen molar-refractivity contribution in [3.05, 3.63) is 48.0 Å². The molecule has 0 radical (unpaired) electrons. The molecule has 0 aromatic heterocycles. The van der Waals surface area contributed by atoms with Gasteiger partial charge < -0.3 is 15.8 Å². The van der Waals surface area contributed by atoms with Gasteiger partial charge in [0.25, 0.3) is 0 Å². The lowest BCUT2D eigenvalue weighted by Gasteiger charge is -2.12. The summed E-state index contributed by atoms with van der Waals surface area (Å²) in [6, 6.07) is 14.2. The molecular formula is C17H22N2O. The first-order valence-corrected chi connectivity index (χ1v) is 6.99. The van der Waals surface area contributed by atoms with Crippen molar-refractivity contribution < 1.29 is 4.74 Å². The summed E-state index contributed by atoms with van der Waals surface area (Å²) in [4.78, 5) is 0. The van der Waals surface area contributed by atoms with Gasteiger partial charge in [-0.15, -0.1) is 0 Å². The van der Waals surface area contributed by atoms with E-state index in [9.17, 15) is 0 Å². The van der Waals surface area contributed by atoms with Crippen molar-refractivity contribution in [1.29, 1.82) is 0 Å². The van der Waals surface area contributed by atoms with Crippen LogP contribution in [0.25, 0.3) is 0 Å². The molecule has 2 rings (SSSR count). The van der Waals surface area contributed by atoms with E-state index in [0.717, 1.165) is 17.1 Å². The van der Waals surface area contributed by atoms with E-state index in [1.54, 1.807) is 0 Å². The molecule has 106 valence electrons. The lowest BCUT2D eigenvalue weighted by molar-refractivity contribution is 0.342. The second kappa shape index (κ2) is 6.33. The Labute approximate surface area is 120 Å². The minimum absolute atomic E-state index is 0.546. The van der Waals surface area contributed by atoms with Gasteiger partial charge in [-0.3, -0.25) is 0 Å². The highest BCUT2D eigenvalue weighted by atomic mass is 16.5. The van der Waals surface area contributed by atoms with Crippen molar-refractivity contribution in [2.75, 3.05) is 17.7 Å². The van der Waals surface area contributed by atoms with E-state index in [1.807, 2.05) is 25.1 Å². The Morgan fingerprint density at radius 1 is 1.05 bits per heavy atom. The fraction of sp³-hybridized carbons (Fsp3) is 0.294. The molecular weight excluding hydrogens is 248 g/mol. The van der Waals surface area contributed by atoms with Gasteiger partial charge in [-0.2, -0.15) is 0 Å². The van der Waals surface area contributed by atoms with Gasteiger partial charge in [0.1, 0.15) is 5.75 Å². The van der Waals surface area contributed by atoms with E-state index in [2.05, 4.69) is 43.4 Å². The highest BCUT2D eigenvalue weighted by Crippen LogP contribution is 2.28. The van der Waals surface area contributed by atoms with Crippen LogP contribution in [0.2, 0.25) is 0 Å². The Bertz CT molecular complexity index is 562. The zero-order valence-corrected chi connectivity index (χ0v) is 12.3. The summed E-state index contributed by atoms with van der Waals surface area (Å²) in [5.74, 6) is 1.27. The van der Waals surface area contributed by atoms with Crippen LogP contribution in [0.4, 0.5) is 17.1 Å². The molecule has 2 aromatic rings. The number of hydrogen-bond donors (Lipinski definition) is 2. The first-order valence-electron chi connectivity index (χ1n) is 6.99. The zero-order valence-electron chi connectivity index (χ0n) is 12.3. The maximum atomic E-state index is 5.87. The Morgan fingerprint density at radius 3 is 2.30 bits per heavy atom. The predicted octanol–water partition coefficient (Wildman–Crippen LogP) is 4.53. The summed E-state index contributed by atoms with van der Waals surface area (Å²) in [5.41, 5.74) is 9.89. The molecule has 0 fully saturated rings. The minimum atomic E-state index is 0.546. The van der Waals surface area contributed by atoms with Crippen molar-refractivity contribution in [3.63, 3.8) is 0 Å². The molecule has 0 aliphatic heterocycles. The van der Waals surface area contributed by atoms with Crippen LogP contribution in [0.1, 0.15) is 32.3 Å². The Kier molecular flexibility index (Phi) is 4.51. The lowest BCUT2D eigenvalue weighted by atomic mass is 10.0. The van der Waals surface area contributed by atoms with E-state index < -0.39 is 0 Å². The second-order valence-corrected chi connectivity index (χ2v) is 5.09. The first-order chi connectivity index (χ1) is 9.60. The monoisotopic (exact) mass is 270 g/mol. The third-order valence-corrected chi connectivity index (χ3v) is 3.18. The molecule has 3 heteroatoms. The summed E-state index contributed by atoms with van der Waals surface area (Å²) in [7, 11) is 0. The van der Waals surface area contributed by atoms with Crippen LogP contribution in [-0.4, -0.2) is 6.61 Å². The normalized spacial score (nSPS) is 10.6. The third-order valence-electron chi connectivity index (χ3n) is 3.18. The largest absolute Gasteiger partial charge is 0.492 e. The number of nitrogen functional groups attached to an aromatic ring is 1. The van der Waals surface area contributed by atoms with Gasteiger partial charge in [0.05, 0.1) is 12.3 Å². The smallest absolute Gasteiger partial charge is 0.144 e. The number of benzene rings is 2. The average Bonchev–Trinajstić information content (AvgIpc) is 2.43. The molecule has 0 saturated carbocycles. The fourth-order valence-electron chi connectivity index (χ4n) is 2.01. The number of rotatable bonds is 5. The van der Waals surface area contributed by atoms with E-state index in [1.165, 1.54) is 5.56 Å². The van der Waals surface area contributed by atoms with Crippen LogP contribution in [0.3, 0.4) is 0 Å². The molecule has 0 amide bonds. The van der Waals surface area contributed by atoms with Crippen LogP contribution < -0.4 is 15.8 Å². The molecule has 20 heavy (non-hydrogen) atoms. The van der Waals surface area contributed by atoms with Gasteiger partial charge >= 0.3 is 0 Å². The van der Waals surface area contributed by atoms with Crippen molar-refractivity contribution >= 4 is 17.1 Å². The maximum absolute atomic E-state index is 5.87. The van der Waals surface area contributed by atoms with Crippen molar-refractivity contribution in [2.45, 2.75) is 26.7 Å². The highest BCUT2D eigenvalue weighted by molar-refractivity contribution is 5.66. The van der Waals surface area contributed by atoms with Crippen LogP contribution in [0.15, 0.2) is 42.5 Å². The lowest BCUT2D eigenvalue weighted by Crippen LogP contribution is -1.98. The first kappa shape index (κ1) is 14.3. The van der Waals surface area contributed by atoms with E-state index in [4.69, 9.17) is 10.5 Å². The number of ether oxygens (including phenoxy) is 1. The average molecular weight is 270 g/mol. The van der Waals surface area contributed by atoms with Gasteiger partial charge in [-0.1, -0.05) is 26.0 Å². The summed E-state index contributed by atoms with van der Waals surface area (Å²) in [5, 5.41) is 3.36. The van der Waals surface area contributed by atoms with E-state index >= 15 is 0 Å². The number of nitrogens with one attached hydrogen (secondary N) is 1. The van der Waals surface area contributed by atoms with Crippen LogP contribution in [0, 0.1) is 0 Å². The molecule has 0 aliphatic carbocycles. The van der Waals surface area contributed by atoms with Gasteiger partial charge in [-0.25, -0.2) is 0 Å². The number of hydrogen-bond acceptors (Lipinski definition) is 3. The summed E-state index contributed by atoms with van der Waals surface area (Å²) in [6.45, 7) is 6.94. The summed E-state index contributed by atoms with van der Waals surface area (Å²) < 4.78 is 5.50. The molecule has 0 bridgehead atoms. The summed E-state index contributed by atoms with van der Waals surface area (Å²) >= 11 is 0. The highest BCUT2D eigenvalue weighted by Gasteiger charge is 2.03. The van der Waals surface area contributed by atoms with Crippen molar-refractivity contribution in [3.8, 4) is 5.75 Å². The summed E-state index contributed by atoms with van der Waals surface area (Å²) in [6.07, 6.45) is 0. The Morgan fingerprint density at radius 2 is 1.70 bits per heavy atom. The fourth-order valence-corrected chi connectivity index (χ4v) is 2.01. The predicted molar refractivity (Wildman–Crippen MR) is 85.8 cm³/mol. The minimum Gasteiger partial charge on any atom is -0.492 e. The van der Waals surface area contributed by atoms with Crippen molar-refractivity contribution in [1.82, 2.24) is 0 Å². The Balaban J connectivity index is 2.15. The Hall–Kier alpha value is -2.16. The quantitative estimate of drug-likeness (QED) is 0.784.